The molecule has 0 aliphatic rings. The Morgan fingerprint density at radius 3 is 2.57 bits per heavy atom. The van der Waals surface area contributed by atoms with E-state index in [2.05, 4.69) is 41.0 Å². The van der Waals surface area contributed by atoms with E-state index in [-0.39, 0.29) is 5.54 Å². The van der Waals surface area contributed by atoms with Gasteiger partial charge < -0.3 is 19.7 Å². The first-order valence-corrected chi connectivity index (χ1v) is 7.30. The van der Waals surface area contributed by atoms with Crippen LogP contribution in [0.4, 0.5) is 5.82 Å². The Hall–Kier alpha value is -1.40. The van der Waals surface area contributed by atoms with E-state index in [1.165, 1.54) is 0 Å². The molecule has 0 unspecified atom stereocenters. The van der Waals surface area contributed by atoms with Crippen LogP contribution in [0.25, 0.3) is 0 Å². The fourth-order valence-electron chi connectivity index (χ4n) is 1.46. The summed E-state index contributed by atoms with van der Waals surface area (Å²) < 4.78 is 11.0. The number of rotatable bonds is 9. The molecule has 0 aliphatic carbocycles. The Labute approximate surface area is 127 Å². The second-order valence-electron chi connectivity index (χ2n) is 5.86. The van der Waals surface area contributed by atoms with Crippen molar-refractivity contribution < 1.29 is 9.47 Å². The zero-order valence-electron chi connectivity index (χ0n) is 14.1. The first-order chi connectivity index (χ1) is 9.89. The highest BCUT2D eigenvalue weighted by molar-refractivity contribution is 5.38. The predicted octanol–water partition coefficient (Wildman–Crippen LogP) is 2.16. The smallest absolute Gasteiger partial charge is 0.218 e. The van der Waals surface area contributed by atoms with Gasteiger partial charge in [-0.15, -0.1) is 0 Å². The zero-order valence-corrected chi connectivity index (χ0v) is 14.1. The van der Waals surface area contributed by atoms with Crippen LogP contribution in [0.1, 0.15) is 33.0 Å². The van der Waals surface area contributed by atoms with Crippen LogP contribution in [-0.4, -0.2) is 54.8 Å². The minimum absolute atomic E-state index is 0.0661. The van der Waals surface area contributed by atoms with E-state index in [1.54, 1.807) is 7.11 Å². The van der Waals surface area contributed by atoms with Crippen molar-refractivity contribution in [2.24, 2.45) is 0 Å². The topological polar surface area (TPSA) is 59.5 Å². The molecule has 0 saturated heterocycles. The summed E-state index contributed by atoms with van der Waals surface area (Å²) in [6, 6.07) is 1.83. The molecular weight excluding hydrogens is 268 g/mol. The summed E-state index contributed by atoms with van der Waals surface area (Å²) >= 11 is 0. The second-order valence-corrected chi connectivity index (χ2v) is 5.86. The van der Waals surface area contributed by atoms with Crippen molar-refractivity contribution in [3.8, 4) is 5.88 Å². The van der Waals surface area contributed by atoms with E-state index in [1.807, 2.05) is 20.2 Å². The van der Waals surface area contributed by atoms with E-state index >= 15 is 0 Å². The molecule has 0 aromatic carbocycles. The number of nitrogens with one attached hydrogen (secondary N) is 1. The maximum absolute atomic E-state index is 5.85. The molecule has 1 aromatic rings. The van der Waals surface area contributed by atoms with Gasteiger partial charge >= 0.3 is 0 Å². The van der Waals surface area contributed by atoms with Crippen molar-refractivity contribution in [2.75, 3.05) is 39.7 Å². The van der Waals surface area contributed by atoms with Gasteiger partial charge in [0.05, 0.1) is 0 Å². The average Bonchev–Trinajstić information content (AvgIpc) is 2.43. The van der Waals surface area contributed by atoms with E-state index < -0.39 is 0 Å². The second kappa shape index (κ2) is 8.14. The molecule has 1 rings (SSSR count). The van der Waals surface area contributed by atoms with Crippen LogP contribution < -0.4 is 10.1 Å². The summed E-state index contributed by atoms with van der Waals surface area (Å²) in [4.78, 5) is 10.9. The highest BCUT2D eigenvalue weighted by Crippen LogP contribution is 2.17. The third-order valence-corrected chi connectivity index (χ3v) is 3.36. The lowest BCUT2D eigenvalue weighted by Gasteiger charge is -2.31. The van der Waals surface area contributed by atoms with Gasteiger partial charge in [0.15, 0.2) is 5.82 Å². The number of ether oxygens (including phenoxy) is 2. The number of aromatic nitrogens is 2. The number of methoxy groups -OCH3 is 1. The third kappa shape index (κ3) is 5.85. The Morgan fingerprint density at radius 1 is 1.29 bits per heavy atom. The third-order valence-electron chi connectivity index (χ3n) is 3.36. The molecule has 1 heterocycles. The van der Waals surface area contributed by atoms with Gasteiger partial charge in [-0.05, 0) is 34.4 Å². The van der Waals surface area contributed by atoms with Gasteiger partial charge in [-0.3, -0.25) is 0 Å². The summed E-state index contributed by atoms with van der Waals surface area (Å²) in [6.07, 6.45) is 1.04. The highest BCUT2D eigenvalue weighted by Gasteiger charge is 2.21. The summed E-state index contributed by atoms with van der Waals surface area (Å²) in [6.45, 7) is 8.15. The highest BCUT2D eigenvalue weighted by atomic mass is 16.5. The molecular formula is C15H28N4O2. The number of nitrogens with zero attached hydrogens (tertiary/aromatic N) is 3. The van der Waals surface area contributed by atoms with E-state index in [4.69, 9.17) is 9.47 Å². The van der Waals surface area contributed by atoms with Crippen molar-refractivity contribution in [3.05, 3.63) is 11.9 Å². The van der Waals surface area contributed by atoms with Crippen LogP contribution >= 0.6 is 0 Å². The van der Waals surface area contributed by atoms with Gasteiger partial charge in [0.1, 0.15) is 19.0 Å². The van der Waals surface area contributed by atoms with Crippen molar-refractivity contribution >= 4 is 5.82 Å². The zero-order chi connectivity index (χ0) is 15.9. The van der Waals surface area contributed by atoms with Crippen LogP contribution in [0.3, 0.4) is 0 Å². The predicted molar refractivity (Wildman–Crippen MR) is 84.8 cm³/mol. The van der Waals surface area contributed by atoms with E-state index in [9.17, 15) is 0 Å². The minimum Gasteiger partial charge on any atom is -0.476 e. The number of hydrogen-bond donors (Lipinski definition) is 1. The van der Waals surface area contributed by atoms with Crippen LogP contribution in [0.15, 0.2) is 6.07 Å². The number of anilines is 1. The van der Waals surface area contributed by atoms with Crippen LogP contribution in [0, 0.1) is 0 Å². The largest absolute Gasteiger partial charge is 0.476 e. The molecule has 0 amide bonds. The lowest BCUT2D eigenvalue weighted by Crippen LogP contribution is -2.43. The maximum Gasteiger partial charge on any atom is 0.218 e. The van der Waals surface area contributed by atoms with Crippen molar-refractivity contribution in [1.82, 2.24) is 14.9 Å². The summed E-state index contributed by atoms with van der Waals surface area (Å²) in [5.74, 6) is 1.97. The lowest BCUT2D eigenvalue weighted by atomic mass is 10.1. The number of hydrogen-bond acceptors (Lipinski definition) is 6. The molecule has 120 valence electrons. The van der Waals surface area contributed by atoms with Gasteiger partial charge in [-0.1, -0.05) is 6.92 Å². The molecule has 0 aliphatic heterocycles. The monoisotopic (exact) mass is 296 g/mol. The molecule has 0 atom stereocenters. The summed E-state index contributed by atoms with van der Waals surface area (Å²) in [7, 11) is 5.70. The van der Waals surface area contributed by atoms with Gasteiger partial charge in [0, 0.05) is 25.3 Å². The standard InChI is InChI=1S/C15H28N4O2/c1-7-8-16-12-9-14(18-13(17-12)10-20-6)21-11-15(2,3)19(4)5/h9H,7-8,10-11H2,1-6H3,(H,16,17,18). The van der Waals surface area contributed by atoms with Crippen molar-refractivity contribution in [3.63, 3.8) is 0 Å². The maximum atomic E-state index is 5.85. The quantitative estimate of drug-likeness (QED) is 0.753. The summed E-state index contributed by atoms with van der Waals surface area (Å²) in [5, 5.41) is 3.26. The molecule has 0 bridgehead atoms. The molecule has 0 radical (unpaired) electrons. The van der Waals surface area contributed by atoms with Crippen molar-refractivity contribution in [2.45, 2.75) is 39.3 Å². The fraction of sp³-hybridized carbons (Fsp3) is 0.733. The van der Waals surface area contributed by atoms with Gasteiger partial charge in [-0.2, -0.15) is 4.98 Å². The van der Waals surface area contributed by atoms with E-state index in [0.717, 1.165) is 18.8 Å². The molecule has 6 nitrogen and oxygen atoms in total. The first-order valence-electron chi connectivity index (χ1n) is 7.30. The Bertz CT molecular complexity index is 436. The normalized spacial score (nSPS) is 11.8. The lowest BCUT2D eigenvalue weighted by molar-refractivity contribution is 0.110. The summed E-state index contributed by atoms with van der Waals surface area (Å²) in [5.41, 5.74) is -0.0661. The SMILES string of the molecule is CCCNc1cc(OCC(C)(C)N(C)C)nc(COC)n1. The van der Waals surface area contributed by atoms with Crippen molar-refractivity contribution in [1.29, 1.82) is 0 Å². The molecule has 0 saturated carbocycles. The molecule has 1 N–H and O–H groups in total. The van der Waals surface area contributed by atoms with Crippen LogP contribution in [-0.2, 0) is 11.3 Å². The fourth-order valence-corrected chi connectivity index (χ4v) is 1.46. The van der Waals surface area contributed by atoms with Crippen LogP contribution in [0.5, 0.6) is 5.88 Å². The van der Waals surface area contributed by atoms with Gasteiger partial charge in [0.25, 0.3) is 0 Å². The average molecular weight is 296 g/mol. The Morgan fingerprint density at radius 2 is 2.00 bits per heavy atom. The molecule has 0 spiro atoms. The first kappa shape index (κ1) is 17.7. The molecule has 1 aromatic heterocycles. The Balaban J connectivity index is 2.82. The van der Waals surface area contributed by atoms with Gasteiger partial charge in [-0.25, -0.2) is 4.98 Å². The van der Waals surface area contributed by atoms with Gasteiger partial charge in [0.2, 0.25) is 5.88 Å². The molecule has 0 fully saturated rings. The number of likely N-dealkylation sites (N-methyl/N-ethyl adjacent to an activating group) is 1. The Kier molecular flexibility index (Phi) is 6.84. The van der Waals surface area contributed by atoms with E-state index in [0.29, 0.717) is 24.9 Å². The molecule has 6 heteroatoms. The minimum atomic E-state index is -0.0661. The molecule has 21 heavy (non-hydrogen) atoms. The van der Waals surface area contributed by atoms with Crippen LogP contribution in [0.2, 0.25) is 0 Å².